The Labute approximate surface area is 247 Å². The summed E-state index contributed by atoms with van der Waals surface area (Å²) in [4.78, 5) is 48.6. The van der Waals surface area contributed by atoms with Crippen LogP contribution >= 0.6 is 0 Å². The number of Topliss-reactive ketones (excluding diaryl/α,β-unsaturated/α-hetero) is 1. The maximum absolute atomic E-state index is 13.1. The van der Waals surface area contributed by atoms with E-state index in [1.807, 2.05) is 35.3 Å². The molecule has 1 aromatic heterocycles. The highest BCUT2D eigenvalue weighted by Crippen LogP contribution is 2.42. The second-order valence-electron chi connectivity index (χ2n) is 11.2. The average Bonchev–Trinajstić information content (AvgIpc) is 3.58. The Kier molecular flexibility index (Phi) is 7.04. The van der Waals surface area contributed by atoms with E-state index in [1.165, 1.54) is 12.4 Å². The fraction of sp³-hybridized carbons (Fsp3) is 0.290. The van der Waals surface area contributed by atoms with Gasteiger partial charge in [0, 0.05) is 42.3 Å². The van der Waals surface area contributed by atoms with Crippen LogP contribution in [0.5, 0.6) is 0 Å². The normalized spacial score (nSPS) is 22.9. The number of ketones is 1. The van der Waals surface area contributed by atoms with Crippen LogP contribution in [0.15, 0.2) is 82.6 Å². The van der Waals surface area contributed by atoms with Crippen molar-refractivity contribution < 1.29 is 19.6 Å². The SMILES string of the molecule is C=C1C(=O)C(N2CC(C)c3ccc(CNC(=O)c4cc(C(=O)N[C@H]5CCC6=CC(/C(N)=N/O)CC=C65)ncn4)cc32)=C1N. The predicted octanol–water partition coefficient (Wildman–Crippen LogP) is 2.15. The number of amides is 2. The van der Waals surface area contributed by atoms with Gasteiger partial charge in [-0.3, -0.25) is 14.4 Å². The Bertz CT molecular complexity index is 1700. The number of nitrogens with zero attached hydrogens (tertiary/aromatic N) is 4. The van der Waals surface area contributed by atoms with Crippen molar-refractivity contribution >= 4 is 29.1 Å². The summed E-state index contributed by atoms with van der Waals surface area (Å²) in [6.07, 6.45) is 7.26. The molecule has 1 saturated carbocycles. The number of oxime groups is 1. The van der Waals surface area contributed by atoms with E-state index in [9.17, 15) is 14.4 Å². The molecule has 3 aliphatic carbocycles. The lowest BCUT2D eigenvalue weighted by Crippen LogP contribution is -2.38. The Morgan fingerprint density at radius 1 is 1.21 bits per heavy atom. The van der Waals surface area contributed by atoms with Crippen molar-refractivity contribution in [2.75, 3.05) is 11.4 Å². The van der Waals surface area contributed by atoms with Gasteiger partial charge in [0.25, 0.3) is 11.8 Å². The minimum absolute atomic E-state index is 0.0681. The molecule has 3 atom stereocenters. The van der Waals surface area contributed by atoms with Crippen LogP contribution in [0.1, 0.15) is 64.2 Å². The van der Waals surface area contributed by atoms with Gasteiger partial charge in [0.15, 0.2) is 0 Å². The molecule has 7 N–H and O–H groups in total. The highest BCUT2D eigenvalue weighted by molar-refractivity contribution is 6.21. The second kappa shape index (κ2) is 10.9. The van der Waals surface area contributed by atoms with Crippen LogP contribution in [0, 0.1) is 5.92 Å². The van der Waals surface area contributed by atoms with Crippen LogP contribution in [0.25, 0.3) is 0 Å². The molecule has 0 bridgehead atoms. The second-order valence-corrected chi connectivity index (χ2v) is 11.2. The van der Waals surface area contributed by atoms with Crippen LogP contribution in [0.3, 0.4) is 0 Å². The molecular formula is C31H32N8O4. The quantitative estimate of drug-likeness (QED) is 0.107. The summed E-state index contributed by atoms with van der Waals surface area (Å²) in [6.45, 7) is 6.66. The first-order valence-corrected chi connectivity index (χ1v) is 14.1. The molecule has 2 heterocycles. The third-order valence-corrected chi connectivity index (χ3v) is 8.54. The summed E-state index contributed by atoms with van der Waals surface area (Å²) in [5, 5.41) is 17.9. The van der Waals surface area contributed by atoms with Gasteiger partial charge >= 0.3 is 0 Å². The largest absolute Gasteiger partial charge is 0.409 e. The molecule has 12 nitrogen and oxygen atoms in total. The molecule has 1 aliphatic heterocycles. The summed E-state index contributed by atoms with van der Waals surface area (Å²) in [7, 11) is 0. The van der Waals surface area contributed by atoms with Gasteiger partial charge in [-0.25, -0.2) is 9.97 Å². The van der Waals surface area contributed by atoms with Gasteiger partial charge in [-0.15, -0.1) is 0 Å². The number of carbonyl (C=O) groups excluding carboxylic acids is 3. The highest BCUT2D eigenvalue weighted by Gasteiger charge is 2.39. The van der Waals surface area contributed by atoms with Crippen LogP contribution in [-0.4, -0.2) is 51.2 Å². The van der Waals surface area contributed by atoms with Gasteiger partial charge in [0.2, 0.25) is 5.78 Å². The van der Waals surface area contributed by atoms with Crippen molar-refractivity contribution in [3.05, 3.63) is 100.0 Å². The van der Waals surface area contributed by atoms with E-state index in [2.05, 4.69) is 39.3 Å². The molecule has 43 heavy (non-hydrogen) atoms. The fourth-order valence-corrected chi connectivity index (χ4v) is 6.15. The average molecular weight is 581 g/mol. The van der Waals surface area contributed by atoms with Crippen molar-refractivity contribution in [2.24, 2.45) is 22.5 Å². The lowest BCUT2D eigenvalue weighted by atomic mass is 9.90. The third-order valence-electron chi connectivity index (χ3n) is 8.54. The molecule has 0 saturated heterocycles. The number of carbonyl (C=O) groups is 3. The number of rotatable bonds is 7. The number of hydrogen-bond acceptors (Lipinski definition) is 9. The maximum Gasteiger partial charge on any atom is 0.270 e. The topological polar surface area (TPSA) is 189 Å². The molecule has 4 aliphatic rings. The molecule has 220 valence electrons. The molecular weight excluding hydrogens is 548 g/mol. The molecule has 2 amide bonds. The lowest BCUT2D eigenvalue weighted by molar-refractivity contribution is -0.113. The van der Waals surface area contributed by atoms with Crippen molar-refractivity contribution in [3.63, 3.8) is 0 Å². The molecule has 1 aromatic carbocycles. The summed E-state index contributed by atoms with van der Waals surface area (Å²) >= 11 is 0. The van der Waals surface area contributed by atoms with Crippen LogP contribution in [0.2, 0.25) is 0 Å². The van der Waals surface area contributed by atoms with Crippen LogP contribution in [0.4, 0.5) is 5.69 Å². The Morgan fingerprint density at radius 3 is 2.72 bits per heavy atom. The number of hydrogen-bond donors (Lipinski definition) is 5. The Balaban J connectivity index is 1.10. The molecule has 0 spiro atoms. The van der Waals surface area contributed by atoms with E-state index >= 15 is 0 Å². The Hall–Kier alpha value is -5.26. The van der Waals surface area contributed by atoms with E-state index < -0.39 is 11.8 Å². The minimum Gasteiger partial charge on any atom is -0.409 e. The number of nitrogens with one attached hydrogen (secondary N) is 2. The number of fused-ring (bicyclic) bond motifs is 2. The van der Waals surface area contributed by atoms with Gasteiger partial charge in [0.1, 0.15) is 29.2 Å². The minimum atomic E-state index is -0.449. The summed E-state index contributed by atoms with van der Waals surface area (Å²) in [5.41, 5.74) is 18.1. The highest BCUT2D eigenvalue weighted by atomic mass is 16.4. The fourth-order valence-electron chi connectivity index (χ4n) is 6.15. The summed E-state index contributed by atoms with van der Waals surface area (Å²) < 4.78 is 0. The molecule has 0 radical (unpaired) electrons. The van der Waals surface area contributed by atoms with Crippen molar-refractivity contribution in [1.82, 2.24) is 20.6 Å². The van der Waals surface area contributed by atoms with Gasteiger partial charge in [0.05, 0.1) is 11.7 Å². The first kappa shape index (κ1) is 27.9. The lowest BCUT2D eigenvalue weighted by Gasteiger charge is -2.31. The summed E-state index contributed by atoms with van der Waals surface area (Å²) in [6, 6.07) is 7.07. The zero-order valence-corrected chi connectivity index (χ0v) is 23.6. The maximum atomic E-state index is 13.1. The zero-order valence-electron chi connectivity index (χ0n) is 23.6. The monoisotopic (exact) mass is 580 g/mol. The van der Waals surface area contributed by atoms with Gasteiger partial charge < -0.3 is 32.2 Å². The van der Waals surface area contributed by atoms with Gasteiger partial charge in [-0.2, -0.15) is 0 Å². The number of benzene rings is 1. The first-order valence-electron chi connectivity index (χ1n) is 14.1. The molecule has 2 unspecified atom stereocenters. The van der Waals surface area contributed by atoms with E-state index in [1.54, 1.807) is 0 Å². The van der Waals surface area contributed by atoms with E-state index in [0.717, 1.165) is 34.4 Å². The van der Waals surface area contributed by atoms with Crippen molar-refractivity contribution in [1.29, 1.82) is 0 Å². The smallest absolute Gasteiger partial charge is 0.270 e. The first-order chi connectivity index (χ1) is 20.7. The molecule has 2 aromatic rings. The standard InChI is InChI=1S/C31H32N8O4/c1-15-13-39(27-26(32)16(2)28(27)40)25-9-17(3-6-20(15)25)12-34-30(41)23-11-24(36-14-35-23)31(42)37-22-8-5-18-10-19(29(33)38-43)4-7-21(18)22/h3,6-7,9-11,14-15,19,22,43H,2,4-5,8,12-13,32H2,1H3,(H2,33,38)(H,34,41)(H,37,42)/t15?,19?,22-/m0/s1. The molecule has 6 rings (SSSR count). The van der Waals surface area contributed by atoms with Crippen molar-refractivity contribution in [2.45, 2.75) is 44.7 Å². The van der Waals surface area contributed by atoms with E-state index in [4.69, 9.17) is 16.7 Å². The number of anilines is 1. The summed E-state index contributed by atoms with van der Waals surface area (Å²) in [5.74, 6) is -0.791. The van der Waals surface area contributed by atoms with Crippen LogP contribution in [-0.2, 0) is 11.3 Å². The number of amidine groups is 1. The predicted molar refractivity (Wildman–Crippen MR) is 159 cm³/mol. The van der Waals surface area contributed by atoms with E-state index in [0.29, 0.717) is 36.4 Å². The number of nitrogens with two attached hydrogens (primary N) is 2. The third kappa shape index (κ3) is 4.94. The number of aromatic nitrogens is 2. The van der Waals surface area contributed by atoms with E-state index in [-0.39, 0.29) is 47.4 Å². The molecule has 12 heteroatoms. The van der Waals surface area contributed by atoms with Gasteiger partial charge in [-0.05, 0) is 47.6 Å². The van der Waals surface area contributed by atoms with Gasteiger partial charge in [-0.1, -0.05) is 42.9 Å². The zero-order chi connectivity index (χ0) is 30.4. The molecule has 1 fully saturated rings. The number of allylic oxidation sites excluding steroid dienone is 3. The van der Waals surface area contributed by atoms with Crippen LogP contribution < -0.4 is 27.0 Å². The Morgan fingerprint density at radius 2 is 1.98 bits per heavy atom. The van der Waals surface area contributed by atoms with Crippen molar-refractivity contribution in [3.8, 4) is 0 Å².